The molecule has 2 nitrogen and oxygen atoms in total. The van der Waals surface area contributed by atoms with Crippen LogP contribution in [0.3, 0.4) is 0 Å². The van der Waals surface area contributed by atoms with Crippen LogP contribution in [0.15, 0.2) is 182 Å². The molecule has 1 aromatic heterocycles. The smallest absolute Gasteiger partial charge is 0.160 e. The van der Waals surface area contributed by atoms with Crippen molar-refractivity contribution in [2.45, 2.75) is 0 Å². The Bertz CT molecular complexity index is 2640. The molecule has 0 amide bonds. The summed E-state index contributed by atoms with van der Waals surface area (Å²) in [4.78, 5) is 10.0. The van der Waals surface area contributed by atoms with Gasteiger partial charge in [0.1, 0.15) is 0 Å². The van der Waals surface area contributed by atoms with E-state index in [9.17, 15) is 0 Å². The second-order valence-corrected chi connectivity index (χ2v) is 13.0. The average molecular weight is 635 g/mol. The number of hydrogen-bond acceptors (Lipinski definition) is 2. The summed E-state index contributed by atoms with van der Waals surface area (Å²) in [5.41, 5.74) is 15.1. The van der Waals surface area contributed by atoms with Crippen molar-refractivity contribution in [3.05, 3.63) is 182 Å². The third kappa shape index (κ3) is 4.65. The van der Waals surface area contributed by atoms with E-state index in [4.69, 9.17) is 9.97 Å². The molecule has 0 bridgehead atoms. The van der Waals surface area contributed by atoms with Crippen LogP contribution in [-0.4, -0.2) is 9.97 Å². The summed E-state index contributed by atoms with van der Waals surface area (Å²) >= 11 is 0. The Kier molecular flexibility index (Phi) is 6.53. The third-order valence-corrected chi connectivity index (χ3v) is 10.0. The molecule has 2 heteroatoms. The van der Waals surface area contributed by atoms with Gasteiger partial charge in [-0.15, -0.1) is 0 Å². The largest absolute Gasteiger partial charge is 0.228 e. The highest BCUT2D eigenvalue weighted by atomic mass is 14.9. The zero-order chi connectivity index (χ0) is 33.0. The molecule has 0 radical (unpaired) electrons. The van der Waals surface area contributed by atoms with E-state index in [1.165, 1.54) is 66.1 Å². The molecule has 8 aromatic carbocycles. The first-order valence-electron chi connectivity index (χ1n) is 17.1. The number of benzene rings is 8. The first-order chi connectivity index (χ1) is 24.8. The van der Waals surface area contributed by atoms with E-state index in [1.807, 2.05) is 24.3 Å². The molecule has 1 heterocycles. The van der Waals surface area contributed by atoms with Gasteiger partial charge in [0, 0.05) is 16.7 Å². The van der Waals surface area contributed by atoms with Crippen LogP contribution >= 0.6 is 0 Å². The van der Waals surface area contributed by atoms with Crippen molar-refractivity contribution < 1.29 is 0 Å². The molecule has 0 aliphatic heterocycles. The SMILES string of the molecule is c1ccc(-c2cc(-c3ccc(-c4cc(-c5ccc6c7c(cccc57)-c5ccccc5-6)c5ccccc5c4)cc3)nc(-c3ccccc3)n2)cc1. The Labute approximate surface area is 291 Å². The molecule has 10 rings (SSSR count). The summed E-state index contributed by atoms with van der Waals surface area (Å²) in [5, 5.41) is 5.12. The fraction of sp³-hybridized carbons (Fsp3) is 0. The second kappa shape index (κ2) is 11.5. The lowest BCUT2D eigenvalue weighted by molar-refractivity contribution is 1.18. The number of hydrogen-bond donors (Lipinski definition) is 0. The highest BCUT2D eigenvalue weighted by Crippen LogP contribution is 2.50. The van der Waals surface area contributed by atoms with E-state index in [-0.39, 0.29) is 0 Å². The minimum atomic E-state index is 0.721. The Morgan fingerprint density at radius 2 is 0.820 bits per heavy atom. The van der Waals surface area contributed by atoms with Gasteiger partial charge in [0.25, 0.3) is 0 Å². The van der Waals surface area contributed by atoms with Crippen LogP contribution in [0.1, 0.15) is 0 Å². The third-order valence-electron chi connectivity index (χ3n) is 10.0. The summed E-state index contributed by atoms with van der Waals surface area (Å²) in [6, 6.07) is 65.1. The maximum atomic E-state index is 5.05. The van der Waals surface area contributed by atoms with Gasteiger partial charge in [-0.1, -0.05) is 164 Å². The fourth-order valence-corrected chi connectivity index (χ4v) is 7.65. The second-order valence-electron chi connectivity index (χ2n) is 13.0. The van der Waals surface area contributed by atoms with Gasteiger partial charge in [0.05, 0.1) is 11.4 Å². The van der Waals surface area contributed by atoms with Gasteiger partial charge in [-0.25, -0.2) is 9.97 Å². The first-order valence-corrected chi connectivity index (χ1v) is 17.1. The van der Waals surface area contributed by atoms with Gasteiger partial charge in [0.15, 0.2) is 5.82 Å². The van der Waals surface area contributed by atoms with Gasteiger partial charge < -0.3 is 0 Å². The average Bonchev–Trinajstić information content (AvgIpc) is 3.53. The molecule has 1 aliphatic rings. The molecule has 9 aromatic rings. The zero-order valence-electron chi connectivity index (χ0n) is 27.2. The van der Waals surface area contributed by atoms with Gasteiger partial charge in [-0.3, -0.25) is 0 Å². The van der Waals surface area contributed by atoms with Gasteiger partial charge in [-0.2, -0.15) is 0 Å². The molecule has 0 saturated heterocycles. The monoisotopic (exact) mass is 634 g/mol. The molecular weight excluding hydrogens is 605 g/mol. The van der Waals surface area contributed by atoms with Crippen LogP contribution in [0.25, 0.3) is 100.0 Å². The summed E-state index contributed by atoms with van der Waals surface area (Å²) in [6.45, 7) is 0. The van der Waals surface area contributed by atoms with Crippen LogP contribution in [0.5, 0.6) is 0 Å². The van der Waals surface area contributed by atoms with Crippen molar-refractivity contribution in [2.24, 2.45) is 0 Å². The Hall–Kier alpha value is -6.64. The van der Waals surface area contributed by atoms with Crippen molar-refractivity contribution in [3.8, 4) is 78.4 Å². The number of fused-ring (bicyclic) bond motifs is 4. The molecule has 0 spiro atoms. The lowest BCUT2D eigenvalue weighted by Crippen LogP contribution is -1.95. The van der Waals surface area contributed by atoms with E-state index >= 15 is 0 Å². The molecule has 0 N–H and O–H groups in total. The minimum Gasteiger partial charge on any atom is -0.228 e. The van der Waals surface area contributed by atoms with Crippen LogP contribution < -0.4 is 0 Å². The van der Waals surface area contributed by atoms with Gasteiger partial charge in [-0.05, 0) is 84.3 Å². The van der Waals surface area contributed by atoms with Crippen LogP contribution in [0.4, 0.5) is 0 Å². The van der Waals surface area contributed by atoms with Crippen LogP contribution in [0, 0.1) is 0 Å². The van der Waals surface area contributed by atoms with Gasteiger partial charge >= 0.3 is 0 Å². The Morgan fingerprint density at radius 3 is 1.56 bits per heavy atom. The van der Waals surface area contributed by atoms with Crippen LogP contribution in [0.2, 0.25) is 0 Å². The van der Waals surface area contributed by atoms with Crippen LogP contribution in [-0.2, 0) is 0 Å². The van der Waals surface area contributed by atoms with Crippen molar-refractivity contribution >= 4 is 21.5 Å². The summed E-state index contributed by atoms with van der Waals surface area (Å²) in [6.07, 6.45) is 0. The molecule has 0 unspecified atom stereocenters. The van der Waals surface area contributed by atoms with Crippen molar-refractivity contribution in [1.29, 1.82) is 0 Å². The molecule has 0 atom stereocenters. The predicted molar refractivity (Wildman–Crippen MR) is 209 cm³/mol. The molecular formula is C48H30N2. The molecule has 232 valence electrons. The lowest BCUT2D eigenvalue weighted by atomic mass is 9.89. The normalized spacial score (nSPS) is 11.6. The number of rotatable bonds is 5. The highest BCUT2D eigenvalue weighted by molar-refractivity contribution is 6.20. The van der Waals surface area contributed by atoms with E-state index in [1.54, 1.807) is 0 Å². The highest BCUT2D eigenvalue weighted by Gasteiger charge is 2.23. The molecule has 0 fully saturated rings. The topological polar surface area (TPSA) is 25.8 Å². The summed E-state index contributed by atoms with van der Waals surface area (Å²) in [7, 11) is 0. The first kappa shape index (κ1) is 28.4. The van der Waals surface area contributed by atoms with Gasteiger partial charge in [0.2, 0.25) is 0 Å². The van der Waals surface area contributed by atoms with E-state index < -0.39 is 0 Å². The number of nitrogens with zero attached hydrogens (tertiary/aromatic N) is 2. The predicted octanol–water partition coefficient (Wildman–Crippen LogP) is 12.8. The standard InChI is InChI=1S/C48H30N2/c1-3-12-32(13-4-1)45-30-46(50-48(49-45)34-14-5-2-6-15-34)33-24-22-31(23-25-33)36-28-35-16-7-8-17-37(35)44(29-36)40-26-27-43-39-19-10-9-18-38(39)41-20-11-21-42(40)47(41)43/h1-30H. The molecule has 50 heavy (non-hydrogen) atoms. The van der Waals surface area contributed by atoms with E-state index in [0.717, 1.165) is 33.9 Å². The van der Waals surface area contributed by atoms with E-state index in [2.05, 4.69) is 158 Å². The zero-order valence-corrected chi connectivity index (χ0v) is 27.2. The maximum Gasteiger partial charge on any atom is 0.160 e. The molecule has 1 aliphatic carbocycles. The van der Waals surface area contributed by atoms with Crippen molar-refractivity contribution in [1.82, 2.24) is 9.97 Å². The number of aromatic nitrogens is 2. The molecule has 0 saturated carbocycles. The maximum absolute atomic E-state index is 5.05. The summed E-state index contributed by atoms with van der Waals surface area (Å²) in [5.74, 6) is 0.721. The lowest BCUT2D eigenvalue weighted by Gasteiger charge is -2.15. The van der Waals surface area contributed by atoms with Crippen molar-refractivity contribution in [3.63, 3.8) is 0 Å². The summed E-state index contributed by atoms with van der Waals surface area (Å²) < 4.78 is 0. The van der Waals surface area contributed by atoms with E-state index in [0.29, 0.717) is 0 Å². The Morgan fingerprint density at radius 1 is 0.280 bits per heavy atom. The minimum absolute atomic E-state index is 0.721. The van der Waals surface area contributed by atoms with Crippen molar-refractivity contribution in [2.75, 3.05) is 0 Å². The quantitative estimate of drug-likeness (QED) is 0.188. The fourth-order valence-electron chi connectivity index (χ4n) is 7.65. The Balaban J connectivity index is 1.09.